The maximum absolute atomic E-state index is 11.0. The van der Waals surface area contributed by atoms with Gasteiger partial charge in [-0.3, -0.25) is 4.79 Å². The molecule has 2 N–H and O–H groups in total. The van der Waals surface area contributed by atoms with Crippen LogP contribution in [0.3, 0.4) is 0 Å². The van der Waals surface area contributed by atoms with Crippen LogP contribution in [0.15, 0.2) is 0 Å². The molecule has 0 fully saturated rings. The van der Waals surface area contributed by atoms with Gasteiger partial charge in [0.15, 0.2) is 0 Å². The predicted octanol–water partition coefficient (Wildman–Crippen LogP) is 0.404. The SMILES string of the molecule is CCNC(=O)CNC(CC)CC#N. The van der Waals surface area contributed by atoms with Gasteiger partial charge in [-0.2, -0.15) is 5.26 Å². The van der Waals surface area contributed by atoms with E-state index in [-0.39, 0.29) is 11.9 Å². The third-order valence-electron chi connectivity index (χ3n) is 1.76. The number of rotatable bonds is 6. The quantitative estimate of drug-likeness (QED) is 0.626. The molecule has 74 valence electrons. The molecule has 0 saturated carbocycles. The van der Waals surface area contributed by atoms with Gasteiger partial charge < -0.3 is 10.6 Å². The third kappa shape index (κ3) is 6.12. The van der Waals surface area contributed by atoms with Crippen molar-refractivity contribution in [2.45, 2.75) is 32.7 Å². The van der Waals surface area contributed by atoms with Gasteiger partial charge in [0.2, 0.25) is 5.91 Å². The minimum atomic E-state index is -0.0149. The molecule has 0 radical (unpaired) electrons. The molecule has 0 aliphatic carbocycles. The molecule has 0 aliphatic rings. The van der Waals surface area contributed by atoms with Crippen molar-refractivity contribution in [2.75, 3.05) is 13.1 Å². The van der Waals surface area contributed by atoms with Crippen LogP contribution in [0.4, 0.5) is 0 Å². The monoisotopic (exact) mass is 183 g/mol. The number of nitriles is 1. The van der Waals surface area contributed by atoms with E-state index in [9.17, 15) is 4.79 Å². The lowest BCUT2D eigenvalue weighted by Gasteiger charge is -2.12. The molecule has 0 spiro atoms. The van der Waals surface area contributed by atoms with Gasteiger partial charge >= 0.3 is 0 Å². The number of hydrogen-bond acceptors (Lipinski definition) is 3. The Kier molecular flexibility index (Phi) is 6.93. The fourth-order valence-corrected chi connectivity index (χ4v) is 0.968. The van der Waals surface area contributed by atoms with Crippen LogP contribution < -0.4 is 10.6 Å². The number of carbonyl (C=O) groups excluding carboxylic acids is 1. The van der Waals surface area contributed by atoms with Crippen molar-refractivity contribution in [1.82, 2.24) is 10.6 Å². The van der Waals surface area contributed by atoms with Gasteiger partial charge in [-0.15, -0.1) is 0 Å². The number of amides is 1. The Morgan fingerprint density at radius 2 is 2.23 bits per heavy atom. The topological polar surface area (TPSA) is 64.9 Å². The van der Waals surface area contributed by atoms with Crippen molar-refractivity contribution in [3.05, 3.63) is 0 Å². The summed E-state index contributed by atoms with van der Waals surface area (Å²) < 4.78 is 0. The first-order valence-electron chi connectivity index (χ1n) is 4.61. The molecule has 13 heavy (non-hydrogen) atoms. The lowest BCUT2D eigenvalue weighted by molar-refractivity contribution is -0.120. The van der Waals surface area contributed by atoms with Gasteiger partial charge in [0.25, 0.3) is 0 Å². The van der Waals surface area contributed by atoms with E-state index in [1.54, 1.807) is 0 Å². The molecule has 0 saturated heterocycles. The summed E-state index contributed by atoms with van der Waals surface area (Å²) in [6, 6.07) is 2.21. The van der Waals surface area contributed by atoms with Crippen LogP contribution in [0.5, 0.6) is 0 Å². The minimum Gasteiger partial charge on any atom is -0.355 e. The Labute approximate surface area is 79.3 Å². The predicted molar refractivity (Wildman–Crippen MR) is 51.0 cm³/mol. The summed E-state index contributed by atoms with van der Waals surface area (Å²) in [4.78, 5) is 11.0. The van der Waals surface area contributed by atoms with Crippen LogP contribution in [-0.4, -0.2) is 25.0 Å². The maximum atomic E-state index is 11.0. The molecule has 0 aliphatic heterocycles. The van der Waals surface area contributed by atoms with Crippen molar-refractivity contribution >= 4 is 5.91 Å². The number of hydrogen-bond donors (Lipinski definition) is 2. The van der Waals surface area contributed by atoms with E-state index in [0.717, 1.165) is 6.42 Å². The fraction of sp³-hybridized carbons (Fsp3) is 0.778. The maximum Gasteiger partial charge on any atom is 0.233 e. The van der Waals surface area contributed by atoms with E-state index in [2.05, 4.69) is 16.7 Å². The van der Waals surface area contributed by atoms with Gasteiger partial charge in [0.1, 0.15) is 0 Å². The van der Waals surface area contributed by atoms with E-state index >= 15 is 0 Å². The van der Waals surface area contributed by atoms with Crippen molar-refractivity contribution in [3.8, 4) is 6.07 Å². The Morgan fingerprint density at radius 1 is 1.54 bits per heavy atom. The normalized spacial score (nSPS) is 11.8. The van der Waals surface area contributed by atoms with Gasteiger partial charge in [-0.25, -0.2) is 0 Å². The summed E-state index contributed by atoms with van der Waals surface area (Å²) in [5, 5.41) is 14.1. The molecule has 0 bridgehead atoms. The van der Waals surface area contributed by atoms with E-state index < -0.39 is 0 Å². The van der Waals surface area contributed by atoms with Crippen LogP contribution in [0.1, 0.15) is 26.7 Å². The van der Waals surface area contributed by atoms with Crippen molar-refractivity contribution < 1.29 is 4.79 Å². The number of likely N-dealkylation sites (N-methyl/N-ethyl adjacent to an activating group) is 1. The van der Waals surface area contributed by atoms with E-state index in [0.29, 0.717) is 19.5 Å². The Bertz CT molecular complexity index is 186. The van der Waals surface area contributed by atoms with Gasteiger partial charge in [0, 0.05) is 12.6 Å². The standard InChI is InChI=1S/C9H17N3O/c1-3-8(5-6-10)12-7-9(13)11-4-2/h8,12H,3-5,7H2,1-2H3,(H,11,13). The second-order valence-corrected chi connectivity index (χ2v) is 2.80. The first-order chi connectivity index (χ1) is 6.24. The average molecular weight is 183 g/mol. The number of nitrogens with zero attached hydrogens (tertiary/aromatic N) is 1. The molecule has 0 aromatic heterocycles. The molecule has 0 aromatic rings. The molecule has 0 aromatic carbocycles. The summed E-state index contributed by atoms with van der Waals surface area (Å²) in [5.74, 6) is -0.0149. The zero-order valence-corrected chi connectivity index (χ0v) is 8.26. The number of nitrogens with one attached hydrogen (secondary N) is 2. The summed E-state index contributed by atoms with van der Waals surface area (Å²) >= 11 is 0. The molecule has 0 heterocycles. The smallest absolute Gasteiger partial charge is 0.233 e. The Balaban J connectivity index is 3.60. The van der Waals surface area contributed by atoms with Crippen LogP contribution in [-0.2, 0) is 4.79 Å². The minimum absolute atomic E-state index is 0.0149. The Morgan fingerprint density at radius 3 is 2.69 bits per heavy atom. The zero-order chi connectivity index (χ0) is 10.1. The van der Waals surface area contributed by atoms with Crippen LogP contribution in [0.25, 0.3) is 0 Å². The average Bonchev–Trinajstić information content (AvgIpc) is 2.12. The second-order valence-electron chi connectivity index (χ2n) is 2.80. The van der Waals surface area contributed by atoms with Gasteiger partial charge in [-0.05, 0) is 13.3 Å². The highest BCUT2D eigenvalue weighted by molar-refractivity contribution is 5.77. The highest BCUT2D eigenvalue weighted by Crippen LogP contribution is 1.94. The first-order valence-corrected chi connectivity index (χ1v) is 4.61. The highest BCUT2D eigenvalue weighted by Gasteiger charge is 2.06. The molecule has 4 heteroatoms. The zero-order valence-electron chi connectivity index (χ0n) is 8.26. The summed E-state index contributed by atoms with van der Waals surface area (Å²) in [6.45, 7) is 4.82. The van der Waals surface area contributed by atoms with E-state index in [4.69, 9.17) is 5.26 Å². The molecule has 1 unspecified atom stereocenters. The summed E-state index contributed by atoms with van der Waals surface area (Å²) in [6.07, 6.45) is 1.32. The fourth-order valence-electron chi connectivity index (χ4n) is 0.968. The van der Waals surface area contributed by atoms with Gasteiger partial charge in [-0.1, -0.05) is 6.92 Å². The van der Waals surface area contributed by atoms with Crippen molar-refractivity contribution in [1.29, 1.82) is 5.26 Å². The molecular formula is C9H17N3O. The van der Waals surface area contributed by atoms with E-state index in [1.165, 1.54) is 0 Å². The van der Waals surface area contributed by atoms with Crippen LogP contribution >= 0.6 is 0 Å². The molecule has 1 amide bonds. The highest BCUT2D eigenvalue weighted by atomic mass is 16.1. The van der Waals surface area contributed by atoms with Crippen molar-refractivity contribution in [3.63, 3.8) is 0 Å². The Hall–Kier alpha value is -1.08. The summed E-state index contributed by atoms with van der Waals surface area (Å²) in [7, 11) is 0. The summed E-state index contributed by atoms with van der Waals surface area (Å²) in [5.41, 5.74) is 0. The van der Waals surface area contributed by atoms with Crippen molar-refractivity contribution in [2.24, 2.45) is 0 Å². The van der Waals surface area contributed by atoms with E-state index in [1.807, 2.05) is 13.8 Å². The molecule has 0 rings (SSSR count). The van der Waals surface area contributed by atoms with Gasteiger partial charge in [0.05, 0.1) is 19.0 Å². The van der Waals surface area contributed by atoms with Crippen LogP contribution in [0, 0.1) is 11.3 Å². The lowest BCUT2D eigenvalue weighted by atomic mass is 10.2. The largest absolute Gasteiger partial charge is 0.355 e. The molecule has 4 nitrogen and oxygen atoms in total. The lowest BCUT2D eigenvalue weighted by Crippen LogP contribution is -2.38. The molecular weight excluding hydrogens is 166 g/mol. The molecule has 1 atom stereocenters. The van der Waals surface area contributed by atoms with Crippen LogP contribution in [0.2, 0.25) is 0 Å². The number of carbonyl (C=O) groups is 1. The second kappa shape index (κ2) is 7.56. The first kappa shape index (κ1) is 11.9. The third-order valence-corrected chi connectivity index (χ3v) is 1.76.